The summed E-state index contributed by atoms with van der Waals surface area (Å²) in [5.74, 6) is 0.931. The highest BCUT2D eigenvalue weighted by molar-refractivity contribution is 8.06. The van der Waals surface area contributed by atoms with Crippen molar-refractivity contribution in [1.29, 1.82) is 0 Å². The molecular weight excluding hydrogens is 340 g/mol. The van der Waals surface area contributed by atoms with Crippen LogP contribution in [0.25, 0.3) is 27.8 Å². The summed E-state index contributed by atoms with van der Waals surface area (Å²) in [7, 11) is 3.84. The minimum atomic E-state index is 0.911. The molecule has 0 atom stereocenters. The molecule has 2 heterocycles. The van der Waals surface area contributed by atoms with Gasteiger partial charge in [-0.1, -0.05) is 30.0 Å². The highest BCUT2D eigenvalue weighted by Crippen LogP contribution is 2.34. The monoisotopic (exact) mass is 363 g/mol. The molecule has 3 nitrogen and oxygen atoms in total. The highest BCUT2D eigenvalue weighted by Gasteiger charge is 2.21. The summed E-state index contributed by atoms with van der Waals surface area (Å²) in [6.45, 7) is 5.30. The van der Waals surface area contributed by atoms with Gasteiger partial charge in [0.05, 0.1) is 22.9 Å². The number of hydrogen-bond acceptors (Lipinski definition) is 3. The third-order valence-electron chi connectivity index (χ3n) is 4.98. The molecule has 3 aromatic rings. The van der Waals surface area contributed by atoms with Crippen LogP contribution in [0.2, 0.25) is 0 Å². The summed E-state index contributed by atoms with van der Waals surface area (Å²) in [4.78, 5) is 2.16. The van der Waals surface area contributed by atoms with E-state index < -0.39 is 0 Å². The fourth-order valence-electron chi connectivity index (χ4n) is 3.66. The standard InChI is InChI=1S/C22H23N2OS/c1-5-24-16(13-21-23(3)10-11-26-21)12-15(2)19-14-20(25-4)17-8-6-7-9-18(17)22(19)24/h6-14H,5H2,1-4H3/q+1. The first-order valence-electron chi connectivity index (χ1n) is 8.84. The lowest BCUT2D eigenvalue weighted by Gasteiger charge is -2.13. The SMILES string of the molecule is CC[n+]1c(/C=C2\SC=CN2C)cc(C)c2cc(OC)c3ccccc3c21. The molecular formula is C22H23N2OS+. The van der Waals surface area contributed by atoms with E-state index in [2.05, 4.69) is 84.4 Å². The molecule has 0 aliphatic carbocycles. The van der Waals surface area contributed by atoms with E-state index in [0.29, 0.717) is 0 Å². The maximum Gasteiger partial charge on any atom is 0.221 e. The molecule has 0 fully saturated rings. The van der Waals surface area contributed by atoms with Crippen LogP contribution < -0.4 is 9.30 Å². The van der Waals surface area contributed by atoms with Crippen molar-refractivity contribution in [1.82, 2.24) is 4.90 Å². The molecule has 0 bridgehead atoms. The van der Waals surface area contributed by atoms with Crippen LogP contribution in [0.4, 0.5) is 0 Å². The van der Waals surface area contributed by atoms with Crippen molar-refractivity contribution in [2.75, 3.05) is 14.2 Å². The van der Waals surface area contributed by atoms with Gasteiger partial charge in [0.15, 0.2) is 0 Å². The van der Waals surface area contributed by atoms with Gasteiger partial charge in [-0.25, -0.2) is 0 Å². The van der Waals surface area contributed by atoms with E-state index in [0.717, 1.165) is 17.7 Å². The Morgan fingerprint density at radius 3 is 2.58 bits per heavy atom. The molecule has 0 spiro atoms. The zero-order valence-corrected chi connectivity index (χ0v) is 16.4. The fourth-order valence-corrected chi connectivity index (χ4v) is 4.46. The van der Waals surface area contributed by atoms with Crippen molar-refractivity contribution in [3.05, 3.63) is 64.3 Å². The topological polar surface area (TPSA) is 16.4 Å². The number of fused-ring (bicyclic) bond motifs is 3. The van der Waals surface area contributed by atoms with Crippen molar-refractivity contribution in [3.63, 3.8) is 0 Å². The van der Waals surface area contributed by atoms with E-state index in [1.807, 2.05) is 0 Å². The van der Waals surface area contributed by atoms with Crippen LogP contribution in [0.5, 0.6) is 5.75 Å². The molecule has 0 N–H and O–H groups in total. The molecule has 4 rings (SSSR count). The minimum absolute atomic E-state index is 0.911. The van der Waals surface area contributed by atoms with Crippen LogP contribution >= 0.6 is 11.8 Å². The van der Waals surface area contributed by atoms with Crippen LogP contribution in [0, 0.1) is 6.92 Å². The van der Waals surface area contributed by atoms with Gasteiger partial charge in [0.1, 0.15) is 12.3 Å². The van der Waals surface area contributed by atoms with E-state index in [1.54, 1.807) is 18.9 Å². The van der Waals surface area contributed by atoms with Crippen LogP contribution in [-0.4, -0.2) is 19.1 Å². The Morgan fingerprint density at radius 2 is 1.92 bits per heavy atom. The van der Waals surface area contributed by atoms with Gasteiger partial charge in [-0.2, -0.15) is 4.57 Å². The van der Waals surface area contributed by atoms with Gasteiger partial charge < -0.3 is 9.64 Å². The average Bonchev–Trinajstić information content (AvgIpc) is 3.06. The number of pyridine rings is 1. The zero-order valence-electron chi connectivity index (χ0n) is 15.6. The first kappa shape index (κ1) is 17.0. The largest absolute Gasteiger partial charge is 0.496 e. The van der Waals surface area contributed by atoms with Crippen LogP contribution in [-0.2, 0) is 6.54 Å². The average molecular weight is 364 g/mol. The maximum atomic E-state index is 5.68. The van der Waals surface area contributed by atoms with Gasteiger partial charge in [-0.05, 0) is 37.0 Å². The summed E-state index contributed by atoms with van der Waals surface area (Å²) < 4.78 is 8.08. The first-order chi connectivity index (χ1) is 12.6. The minimum Gasteiger partial charge on any atom is -0.496 e. The maximum absolute atomic E-state index is 5.68. The van der Waals surface area contributed by atoms with E-state index in [1.165, 1.54) is 32.6 Å². The predicted molar refractivity (Wildman–Crippen MR) is 111 cm³/mol. The Balaban J connectivity index is 2.09. The fraction of sp³-hybridized carbons (Fsp3) is 0.227. The van der Waals surface area contributed by atoms with E-state index in [-0.39, 0.29) is 0 Å². The number of thioether (sulfide) groups is 1. The Bertz CT molecular complexity index is 1070. The Morgan fingerprint density at radius 1 is 1.15 bits per heavy atom. The third kappa shape index (κ3) is 2.65. The summed E-state index contributed by atoms with van der Waals surface area (Å²) in [6.07, 6.45) is 4.38. The number of hydrogen-bond donors (Lipinski definition) is 0. The number of aryl methyl sites for hydroxylation is 2. The predicted octanol–water partition coefficient (Wildman–Crippen LogP) is 5.07. The van der Waals surface area contributed by atoms with Crippen molar-refractivity contribution >= 4 is 39.5 Å². The van der Waals surface area contributed by atoms with Crippen molar-refractivity contribution in [2.24, 2.45) is 0 Å². The molecule has 132 valence electrons. The lowest BCUT2D eigenvalue weighted by atomic mass is 10.0. The molecule has 0 amide bonds. The van der Waals surface area contributed by atoms with E-state index >= 15 is 0 Å². The van der Waals surface area contributed by atoms with Gasteiger partial charge in [0.2, 0.25) is 11.2 Å². The van der Waals surface area contributed by atoms with Crippen LogP contribution in [0.3, 0.4) is 0 Å². The lowest BCUT2D eigenvalue weighted by molar-refractivity contribution is -0.668. The number of methoxy groups -OCH3 is 1. The molecule has 26 heavy (non-hydrogen) atoms. The number of nitrogens with zero attached hydrogens (tertiary/aromatic N) is 2. The molecule has 0 radical (unpaired) electrons. The summed E-state index contributed by atoms with van der Waals surface area (Å²) in [5.41, 5.74) is 3.76. The Hall–Kier alpha value is -2.46. The quantitative estimate of drug-likeness (QED) is 0.478. The lowest BCUT2D eigenvalue weighted by Crippen LogP contribution is -2.37. The summed E-state index contributed by atoms with van der Waals surface area (Å²) in [5, 5.41) is 7.00. The van der Waals surface area contributed by atoms with Crippen LogP contribution in [0.1, 0.15) is 18.2 Å². The second-order valence-corrected chi connectivity index (χ2v) is 7.44. The molecule has 0 unspecified atom stereocenters. The molecule has 1 aliphatic rings. The second kappa shape index (κ2) is 6.69. The number of ether oxygens (including phenoxy) is 1. The third-order valence-corrected chi connectivity index (χ3v) is 5.88. The second-order valence-electron chi connectivity index (χ2n) is 6.51. The molecule has 1 aromatic heterocycles. The van der Waals surface area contributed by atoms with E-state index in [4.69, 9.17) is 4.74 Å². The number of rotatable bonds is 3. The van der Waals surface area contributed by atoms with Gasteiger partial charge >= 0.3 is 0 Å². The van der Waals surface area contributed by atoms with Crippen LogP contribution in [0.15, 0.2) is 53.0 Å². The van der Waals surface area contributed by atoms with Gasteiger partial charge in [0.25, 0.3) is 0 Å². The Labute approximate surface area is 158 Å². The summed E-state index contributed by atoms with van der Waals surface area (Å²) in [6, 6.07) is 13.0. The molecule has 0 saturated carbocycles. The molecule has 4 heteroatoms. The highest BCUT2D eigenvalue weighted by atomic mass is 32.2. The number of aromatic nitrogens is 1. The van der Waals surface area contributed by atoms with Crippen molar-refractivity contribution in [2.45, 2.75) is 20.4 Å². The normalized spacial score (nSPS) is 15.5. The number of benzene rings is 2. The van der Waals surface area contributed by atoms with Gasteiger partial charge in [-0.3, -0.25) is 0 Å². The van der Waals surface area contributed by atoms with Gasteiger partial charge in [0, 0.05) is 30.8 Å². The molecule has 1 aliphatic heterocycles. The smallest absolute Gasteiger partial charge is 0.221 e. The van der Waals surface area contributed by atoms with Crippen molar-refractivity contribution < 1.29 is 9.30 Å². The zero-order chi connectivity index (χ0) is 18.3. The molecule has 2 aromatic carbocycles. The first-order valence-corrected chi connectivity index (χ1v) is 9.72. The van der Waals surface area contributed by atoms with E-state index in [9.17, 15) is 0 Å². The molecule has 0 saturated heterocycles. The summed E-state index contributed by atoms with van der Waals surface area (Å²) >= 11 is 1.76. The Kier molecular flexibility index (Phi) is 4.37. The van der Waals surface area contributed by atoms with Crippen molar-refractivity contribution in [3.8, 4) is 5.75 Å². The van der Waals surface area contributed by atoms with Gasteiger partial charge in [-0.15, -0.1) is 0 Å².